The van der Waals surface area contributed by atoms with Crippen molar-refractivity contribution in [1.82, 2.24) is 10.6 Å². The lowest BCUT2D eigenvalue weighted by molar-refractivity contribution is -0.131. The molecule has 2 N–H and O–H groups in total. The molecule has 44 valence electrons. The van der Waals surface area contributed by atoms with Crippen molar-refractivity contribution in [2.75, 3.05) is 13.1 Å². The molecule has 0 aliphatic carbocycles. The van der Waals surface area contributed by atoms with E-state index in [4.69, 9.17) is 5.21 Å². The molecule has 0 saturated carbocycles. The molecule has 0 rings (SSSR count). The Morgan fingerprint density at radius 3 is 2.29 bits per heavy atom. The average molecular weight is 104 g/mol. The van der Waals surface area contributed by atoms with Crippen molar-refractivity contribution in [2.24, 2.45) is 0 Å². The summed E-state index contributed by atoms with van der Waals surface area (Å²) in [5.41, 5.74) is 2.68. The van der Waals surface area contributed by atoms with Gasteiger partial charge in [-0.15, -0.1) is 5.17 Å². The molecule has 0 aromatic carbocycles. The van der Waals surface area contributed by atoms with Crippen LogP contribution < -0.4 is 5.43 Å². The summed E-state index contributed by atoms with van der Waals surface area (Å²) >= 11 is 0. The Bertz CT molecular complexity index is 40.7. The maximum atomic E-state index is 8.58. The number of hydroxylamine groups is 1. The molecule has 3 nitrogen and oxygen atoms in total. The van der Waals surface area contributed by atoms with E-state index in [-0.39, 0.29) is 0 Å². The first-order chi connectivity index (χ1) is 3.31. The average Bonchev–Trinajstić information content (AvgIpc) is 1.68. The number of hydrazine groups is 1. The lowest BCUT2D eigenvalue weighted by Gasteiger charge is -2.09. The number of nitrogens with one attached hydrogen (secondary N) is 1. The van der Waals surface area contributed by atoms with Crippen LogP contribution in [0.1, 0.15) is 13.8 Å². The van der Waals surface area contributed by atoms with Gasteiger partial charge in [-0.2, -0.15) is 0 Å². The third-order valence-corrected chi connectivity index (χ3v) is 0.640. The molecule has 0 radical (unpaired) electrons. The molecule has 0 saturated heterocycles. The minimum Gasteiger partial charge on any atom is -0.299 e. The molecule has 0 unspecified atom stereocenters. The normalized spacial score (nSPS) is 10.3. The van der Waals surface area contributed by atoms with Gasteiger partial charge in [0.1, 0.15) is 0 Å². The number of hydrogen-bond donors (Lipinski definition) is 2. The first-order valence-corrected chi connectivity index (χ1v) is 2.51. The van der Waals surface area contributed by atoms with Crippen LogP contribution in [0.25, 0.3) is 0 Å². The van der Waals surface area contributed by atoms with Crippen LogP contribution >= 0.6 is 0 Å². The summed E-state index contributed by atoms with van der Waals surface area (Å²) in [6.45, 7) is 5.18. The van der Waals surface area contributed by atoms with E-state index in [1.807, 2.05) is 13.8 Å². The van der Waals surface area contributed by atoms with Gasteiger partial charge in [0, 0.05) is 13.1 Å². The number of hydrogen-bond acceptors (Lipinski definition) is 3. The fraction of sp³-hybridized carbons (Fsp3) is 1.00. The van der Waals surface area contributed by atoms with Gasteiger partial charge in [-0.3, -0.25) is 5.21 Å². The van der Waals surface area contributed by atoms with Crippen molar-refractivity contribution in [2.45, 2.75) is 13.8 Å². The van der Waals surface area contributed by atoms with Gasteiger partial charge >= 0.3 is 0 Å². The van der Waals surface area contributed by atoms with E-state index in [0.29, 0.717) is 6.54 Å². The van der Waals surface area contributed by atoms with Gasteiger partial charge in [-0.1, -0.05) is 6.92 Å². The van der Waals surface area contributed by atoms with Gasteiger partial charge in [0.2, 0.25) is 0 Å². The van der Waals surface area contributed by atoms with E-state index in [0.717, 1.165) is 11.7 Å². The molecule has 0 amide bonds. The molecule has 0 fully saturated rings. The SMILES string of the molecule is CCNN(O)CC. The highest BCUT2D eigenvalue weighted by atomic mass is 16.5. The Labute approximate surface area is 43.9 Å². The highest BCUT2D eigenvalue weighted by molar-refractivity contribution is 4.25. The van der Waals surface area contributed by atoms with Crippen molar-refractivity contribution in [1.29, 1.82) is 0 Å². The predicted octanol–water partition coefficient (Wildman–Crippen LogP) is 0.222. The molecule has 0 aliphatic heterocycles. The second kappa shape index (κ2) is 4.05. The van der Waals surface area contributed by atoms with Crippen molar-refractivity contribution in [3.05, 3.63) is 0 Å². The van der Waals surface area contributed by atoms with Crippen molar-refractivity contribution < 1.29 is 5.21 Å². The fourth-order valence-electron chi connectivity index (χ4n) is 0.294. The highest BCUT2D eigenvalue weighted by Crippen LogP contribution is 1.67. The Morgan fingerprint density at radius 2 is 2.14 bits per heavy atom. The molecule has 0 aromatic heterocycles. The Balaban J connectivity index is 2.83. The quantitative estimate of drug-likeness (QED) is 0.503. The third kappa shape index (κ3) is 3.72. The molecule has 0 atom stereocenters. The summed E-state index contributed by atoms with van der Waals surface area (Å²) in [7, 11) is 0. The van der Waals surface area contributed by atoms with E-state index in [2.05, 4.69) is 5.43 Å². The molecular weight excluding hydrogens is 92.1 g/mol. The molecule has 0 aromatic rings. The van der Waals surface area contributed by atoms with Gasteiger partial charge in [-0.05, 0) is 6.92 Å². The fourth-order valence-corrected chi connectivity index (χ4v) is 0.294. The second-order valence-corrected chi connectivity index (χ2v) is 1.23. The number of rotatable bonds is 3. The van der Waals surface area contributed by atoms with Crippen LogP contribution in [-0.2, 0) is 0 Å². The topological polar surface area (TPSA) is 35.5 Å². The van der Waals surface area contributed by atoms with Gasteiger partial charge in [0.05, 0.1) is 0 Å². The first kappa shape index (κ1) is 6.88. The van der Waals surface area contributed by atoms with Crippen LogP contribution in [0, 0.1) is 0 Å². The molecule has 0 aliphatic rings. The largest absolute Gasteiger partial charge is 0.299 e. The minimum absolute atomic E-state index is 0.619. The third-order valence-electron chi connectivity index (χ3n) is 0.640. The van der Waals surface area contributed by atoms with Crippen LogP contribution in [-0.4, -0.2) is 23.5 Å². The zero-order chi connectivity index (χ0) is 5.70. The Hall–Kier alpha value is -0.120. The zero-order valence-electron chi connectivity index (χ0n) is 4.81. The standard InChI is InChI=1S/C4H12N2O/c1-3-5-6(7)4-2/h5,7H,3-4H2,1-2H3. The van der Waals surface area contributed by atoms with Crippen molar-refractivity contribution >= 4 is 0 Å². The lowest BCUT2D eigenvalue weighted by Crippen LogP contribution is -2.34. The second-order valence-electron chi connectivity index (χ2n) is 1.23. The maximum Gasteiger partial charge on any atom is 0.0370 e. The first-order valence-electron chi connectivity index (χ1n) is 2.51. The summed E-state index contributed by atoms with van der Waals surface area (Å²) in [5.74, 6) is 0. The molecular formula is C4H12N2O. The minimum atomic E-state index is 0.619. The monoisotopic (exact) mass is 104 g/mol. The van der Waals surface area contributed by atoms with Crippen LogP contribution in [0.2, 0.25) is 0 Å². The van der Waals surface area contributed by atoms with E-state index in [1.165, 1.54) is 0 Å². The van der Waals surface area contributed by atoms with Crippen LogP contribution in [0.4, 0.5) is 0 Å². The summed E-state index contributed by atoms with van der Waals surface area (Å²) in [6, 6.07) is 0. The van der Waals surface area contributed by atoms with Crippen LogP contribution in [0.15, 0.2) is 0 Å². The van der Waals surface area contributed by atoms with Crippen molar-refractivity contribution in [3.8, 4) is 0 Å². The Morgan fingerprint density at radius 1 is 1.57 bits per heavy atom. The maximum absolute atomic E-state index is 8.58. The summed E-state index contributed by atoms with van der Waals surface area (Å²) in [6.07, 6.45) is 0. The van der Waals surface area contributed by atoms with Gasteiger partial charge in [0.25, 0.3) is 0 Å². The number of nitrogens with zero attached hydrogens (tertiary/aromatic N) is 1. The zero-order valence-corrected chi connectivity index (χ0v) is 4.81. The molecule has 3 heteroatoms. The smallest absolute Gasteiger partial charge is 0.0370 e. The summed E-state index contributed by atoms with van der Waals surface area (Å²) in [4.78, 5) is 0. The summed E-state index contributed by atoms with van der Waals surface area (Å²) in [5, 5.41) is 9.64. The van der Waals surface area contributed by atoms with Crippen LogP contribution in [0.3, 0.4) is 0 Å². The van der Waals surface area contributed by atoms with Crippen molar-refractivity contribution in [3.63, 3.8) is 0 Å². The van der Waals surface area contributed by atoms with E-state index in [1.54, 1.807) is 0 Å². The van der Waals surface area contributed by atoms with E-state index >= 15 is 0 Å². The van der Waals surface area contributed by atoms with Gasteiger partial charge < -0.3 is 0 Å². The van der Waals surface area contributed by atoms with Gasteiger partial charge in [0.15, 0.2) is 0 Å². The molecule has 0 spiro atoms. The Kier molecular flexibility index (Phi) is 3.98. The lowest BCUT2D eigenvalue weighted by atomic mass is 10.8. The predicted molar refractivity (Wildman–Crippen MR) is 27.8 cm³/mol. The molecule has 0 heterocycles. The highest BCUT2D eigenvalue weighted by Gasteiger charge is 1.86. The van der Waals surface area contributed by atoms with Gasteiger partial charge in [-0.25, -0.2) is 5.43 Å². The molecule has 7 heavy (non-hydrogen) atoms. The van der Waals surface area contributed by atoms with Crippen LogP contribution in [0.5, 0.6) is 0 Å². The van der Waals surface area contributed by atoms with E-state index < -0.39 is 0 Å². The molecule has 0 bridgehead atoms. The van der Waals surface area contributed by atoms with E-state index in [9.17, 15) is 0 Å². The summed E-state index contributed by atoms with van der Waals surface area (Å²) < 4.78 is 0.